The fourth-order valence-corrected chi connectivity index (χ4v) is 4.67. The second-order valence-electron chi connectivity index (χ2n) is 10.1. The summed E-state index contributed by atoms with van der Waals surface area (Å²) in [7, 11) is 0. The number of benzene rings is 3. The van der Waals surface area contributed by atoms with Gasteiger partial charge in [0.15, 0.2) is 0 Å². The molecule has 0 atom stereocenters. The Morgan fingerprint density at radius 1 is 0.905 bits per heavy atom. The molecule has 0 aliphatic heterocycles. The number of para-hydroxylation sites is 1. The van der Waals surface area contributed by atoms with Crippen LogP contribution in [0, 0.1) is 5.82 Å². The number of amides is 3. The van der Waals surface area contributed by atoms with E-state index in [0.717, 1.165) is 34.9 Å². The number of nitrogens with one attached hydrogen (secondary N) is 2. The molecule has 0 spiro atoms. The summed E-state index contributed by atoms with van der Waals surface area (Å²) in [6.45, 7) is 5.05. The summed E-state index contributed by atoms with van der Waals surface area (Å²) in [4.78, 5) is 45.5. The summed E-state index contributed by atoms with van der Waals surface area (Å²) >= 11 is 0. The van der Waals surface area contributed by atoms with E-state index in [2.05, 4.69) is 10.3 Å². The van der Waals surface area contributed by atoms with Crippen molar-refractivity contribution in [3.8, 4) is 0 Å². The van der Waals surface area contributed by atoms with E-state index in [1.54, 1.807) is 48.2 Å². The van der Waals surface area contributed by atoms with Crippen molar-refractivity contribution < 1.29 is 23.5 Å². The van der Waals surface area contributed by atoms with Gasteiger partial charge < -0.3 is 24.8 Å². The molecule has 0 fully saturated rings. The average molecular weight is 573 g/mol. The predicted molar refractivity (Wildman–Crippen MR) is 162 cm³/mol. The van der Waals surface area contributed by atoms with Gasteiger partial charge in [0, 0.05) is 42.4 Å². The SMILES string of the molecule is CCCCN(CC(=O)N(CCc1c[nH]c2ccccc12)Cc1ccc(F)cc1)C(=O)Nc1ccc(C(=O)OCC)cc1. The number of urea groups is 1. The highest BCUT2D eigenvalue weighted by Gasteiger charge is 2.22. The molecule has 0 radical (unpaired) electrons. The quantitative estimate of drug-likeness (QED) is 0.182. The lowest BCUT2D eigenvalue weighted by Gasteiger charge is -2.28. The van der Waals surface area contributed by atoms with Gasteiger partial charge in [-0.15, -0.1) is 0 Å². The molecule has 0 saturated carbocycles. The molecule has 0 aliphatic carbocycles. The maximum atomic E-state index is 13.7. The van der Waals surface area contributed by atoms with E-state index >= 15 is 0 Å². The first kappa shape index (κ1) is 30.3. The van der Waals surface area contributed by atoms with E-state index in [-0.39, 0.29) is 24.9 Å². The van der Waals surface area contributed by atoms with Crippen molar-refractivity contribution in [3.63, 3.8) is 0 Å². The van der Waals surface area contributed by atoms with Crippen molar-refractivity contribution >= 4 is 34.5 Å². The third kappa shape index (κ3) is 8.19. The summed E-state index contributed by atoms with van der Waals surface area (Å²) in [5.74, 6) is -0.976. The molecule has 3 amide bonds. The Morgan fingerprint density at radius 2 is 1.64 bits per heavy atom. The van der Waals surface area contributed by atoms with Crippen LogP contribution in [-0.2, 0) is 22.5 Å². The number of aromatic nitrogens is 1. The molecule has 2 N–H and O–H groups in total. The number of hydrogen-bond acceptors (Lipinski definition) is 4. The maximum Gasteiger partial charge on any atom is 0.338 e. The molecule has 0 saturated heterocycles. The largest absolute Gasteiger partial charge is 0.462 e. The van der Waals surface area contributed by atoms with E-state index < -0.39 is 12.0 Å². The van der Waals surface area contributed by atoms with Gasteiger partial charge >= 0.3 is 12.0 Å². The van der Waals surface area contributed by atoms with Crippen LogP contribution in [0.25, 0.3) is 10.9 Å². The van der Waals surface area contributed by atoms with Gasteiger partial charge in [-0.25, -0.2) is 14.0 Å². The normalized spacial score (nSPS) is 10.8. The Balaban J connectivity index is 1.48. The van der Waals surface area contributed by atoms with E-state index in [1.165, 1.54) is 17.0 Å². The van der Waals surface area contributed by atoms with E-state index in [9.17, 15) is 18.8 Å². The molecule has 8 nitrogen and oxygen atoms in total. The molecule has 3 aromatic carbocycles. The standard InChI is InChI=1S/C33H37FN4O4/c1-3-5-19-38(33(41)36-28-16-12-25(13-17-28)32(40)42-4-2)23-31(39)37(22-24-10-14-27(34)15-11-24)20-18-26-21-35-30-9-7-6-8-29(26)30/h6-17,21,35H,3-5,18-20,22-23H2,1-2H3,(H,36,41). The van der Waals surface area contributed by atoms with Gasteiger partial charge in [-0.05, 0) is 73.4 Å². The summed E-state index contributed by atoms with van der Waals surface area (Å²) in [6.07, 6.45) is 4.16. The topological polar surface area (TPSA) is 94.7 Å². The molecule has 220 valence electrons. The van der Waals surface area contributed by atoms with Crippen LogP contribution in [-0.4, -0.2) is 58.9 Å². The minimum Gasteiger partial charge on any atom is -0.462 e. The molecular formula is C33H37FN4O4. The highest BCUT2D eigenvalue weighted by Crippen LogP contribution is 2.19. The number of fused-ring (bicyclic) bond motifs is 1. The predicted octanol–water partition coefficient (Wildman–Crippen LogP) is 6.39. The van der Waals surface area contributed by atoms with E-state index in [0.29, 0.717) is 37.3 Å². The Kier molecular flexibility index (Phi) is 10.7. The van der Waals surface area contributed by atoms with Crippen LogP contribution < -0.4 is 5.32 Å². The lowest BCUT2D eigenvalue weighted by atomic mass is 10.1. The Labute approximate surface area is 245 Å². The highest BCUT2D eigenvalue weighted by atomic mass is 19.1. The van der Waals surface area contributed by atoms with Crippen molar-refractivity contribution in [2.75, 3.05) is 31.6 Å². The van der Waals surface area contributed by atoms with Crippen LogP contribution in [0.15, 0.2) is 79.0 Å². The zero-order valence-corrected chi connectivity index (χ0v) is 24.1. The van der Waals surface area contributed by atoms with Crippen molar-refractivity contribution in [2.24, 2.45) is 0 Å². The van der Waals surface area contributed by atoms with Crippen LogP contribution in [0.2, 0.25) is 0 Å². The fraction of sp³-hybridized carbons (Fsp3) is 0.303. The van der Waals surface area contributed by atoms with Gasteiger partial charge in [0.05, 0.1) is 12.2 Å². The first-order valence-electron chi connectivity index (χ1n) is 14.3. The number of carbonyl (C=O) groups is 3. The number of halogens is 1. The molecule has 4 aromatic rings. The molecule has 9 heteroatoms. The van der Waals surface area contributed by atoms with Crippen molar-refractivity contribution in [1.29, 1.82) is 0 Å². The van der Waals surface area contributed by atoms with Gasteiger partial charge in [0.25, 0.3) is 0 Å². The van der Waals surface area contributed by atoms with Gasteiger partial charge in [-0.3, -0.25) is 4.79 Å². The molecule has 0 aliphatic rings. The van der Waals surface area contributed by atoms with Crippen LogP contribution in [0.1, 0.15) is 48.2 Å². The van der Waals surface area contributed by atoms with Gasteiger partial charge in [-0.1, -0.05) is 43.7 Å². The van der Waals surface area contributed by atoms with Crippen molar-refractivity contribution in [1.82, 2.24) is 14.8 Å². The molecule has 1 aromatic heterocycles. The number of carbonyl (C=O) groups excluding carboxylic acids is 3. The lowest BCUT2D eigenvalue weighted by molar-refractivity contribution is -0.132. The van der Waals surface area contributed by atoms with Crippen LogP contribution in [0.4, 0.5) is 14.9 Å². The number of esters is 1. The summed E-state index contributed by atoms with van der Waals surface area (Å²) in [5, 5.41) is 3.94. The number of ether oxygens (including phenoxy) is 1. The third-order valence-electron chi connectivity index (χ3n) is 7.01. The van der Waals surface area contributed by atoms with E-state index in [1.807, 2.05) is 37.4 Å². The average Bonchev–Trinajstić information content (AvgIpc) is 3.41. The van der Waals surface area contributed by atoms with Crippen LogP contribution in [0.5, 0.6) is 0 Å². The molecular weight excluding hydrogens is 535 g/mol. The Morgan fingerprint density at radius 3 is 2.36 bits per heavy atom. The fourth-order valence-electron chi connectivity index (χ4n) is 4.67. The zero-order valence-electron chi connectivity index (χ0n) is 24.1. The first-order chi connectivity index (χ1) is 20.4. The zero-order chi connectivity index (χ0) is 29.9. The second-order valence-corrected chi connectivity index (χ2v) is 10.1. The summed E-state index contributed by atoms with van der Waals surface area (Å²) in [6, 6.07) is 20.1. The number of aromatic amines is 1. The second kappa shape index (κ2) is 14.8. The Bertz CT molecular complexity index is 1480. The number of anilines is 1. The molecule has 0 bridgehead atoms. The highest BCUT2D eigenvalue weighted by molar-refractivity contribution is 5.94. The van der Waals surface area contributed by atoms with Crippen molar-refractivity contribution in [2.45, 2.75) is 39.7 Å². The third-order valence-corrected chi connectivity index (χ3v) is 7.01. The summed E-state index contributed by atoms with van der Waals surface area (Å²) < 4.78 is 18.6. The smallest absolute Gasteiger partial charge is 0.338 e. The monoisotopic (exact) mass is 572 g/mol. The van der Waals surface area contributed by atoms with E-state index in [4.69, 9.17) is 4.74 Å². The van der Waals surface area contributed by atoms with Crippen molar-refractivity contribution in [3.05, 3.63) is 102 Å². The molecule has 42 heavy (non-hydrogen) atoms. The number of hydrogen-bond donors (Lipinski definition) is 2. The van der Waals surface area contributed by atoms with Gasteiger partial charge in [0.1, 0.15) is 12.4 Å². The molecule has 4 rings (SSSR count). The van der Waals surface area contributed by atoms with Gasteiger partial charge in [0.2, 0.25) is 5.91 Å². The van der Waals surface area contributed by atoms with Crippen LogP contribution in [0.3, 0.4) is 0 Å². The minimum atomic E-state index is -0.431. The molecule has 1 heterocycles. The van der Waals surface area contributed by atoms with Crippen LogP contribution >= 0.6 is 0 Å². The molecule has 0 unspecified atom stereocenters. The maximum absolute atomic E-state index is 13.7. The summed E-state index contributed by atoms with van der Waals surface area (Å²) in [5.41, 5.74) is 3.81. The first-order valence-corrected chi connectivity index (χ1v) is 14.3. The number of unbranched alkanes of at least 4 members (excludes halogenated alkanes) is 1. The van der Waals surface area contributed by atoms with Gasteiger partial charge in [-0.2, -0.15) is 0 Å². The number of nitrogens with zero attached hydrogens (tertiary/aromatic N) is 2. The number of rotatable bonds is 13. The number of H-pyrrole nitrogens is 1. The lowest BCUT2D eigenvalue weighted by Crippen LogP contribution is -2.45. The Hall–Kier alpha value is -4.66. The minimum absolute atomic E-state index is 0.109.